The van der Waals surface area contributed by atoms with Crippen LogP contribution in [0.25, 0.3) is 0 Å². The third-order valence-electron chi connectivity index (χ3n) is 5.13. The van der Waals surface area contributed by atoms with Gasteiger partial charge in [-0.3, -0.25) is 9.59 Å². The lowest BCUT2D eigenvalue weighted by Gasteiger charge is -2.47. The van der Waals surface area contributed by atoms with Crippen molar-refractivity contribution in [3.05, 3.63) is 0 Å². The van der Waals surface area contributed by atoms with Crippen LogP contribution >= 0.6 is 0 Å². The van der Waals surface area contributed by atoms with Gasteiger partial charge in [0.25, 0.3) is 0 Å². The number of carbonyl (C=O) groups excluding carboxylic acids is 2. The summed E-state index contributed by atoms with van der Waals surface area (Å²) in [6, 6.07) is -1.29. The fourth-order valence-electron chi connectivity index (χ4n) is 3.62. The standard InChI is InChI=1S/C19H33NO12/c1-4-5-28-19-17(29-9(3)24)16(14(26)11(7-22)31-19)32-18-12(20-8(2)23)15(27)13(25)10(6-21)30-18/h10-19,21-22,25-27H,4-7H2,1-3H3,(H,20,23)/t10-,11-,12-,13-,14-,15-,16+,17-,18+,19+/m1/s1. The molecule has 13 heteroatoms. The second kappa shape index (κ2) is 12.2. The van der Waals surface area contributed by atoms with Gasteiger partial charge in [-0.2, -0.15) is 0 Å². The van der Waals surface area contributed by atoms with Gasteiger partial charge in [0, 0.05) is 20.5 Å². The van der Waals surface area contributed by atoms with E-state index in [1.54, 1.807) is 0 Å². The van der Waals surface area contributed by atoms with E-state index >= 15 is 0 Å². The summed E-state index contributed by atoms with van der Waals surface area (Å²) in [7, 11) is 0. The van der Waals surface area contributed by atoms with Crippen LogP contribution in [-0.2, 0) is 33.3 Å². The lowest BCUT2D eigenvalue weighted by molar-refractivity contribution is -0.348. The second-order valence-corrected chi connectivity index (χ2v) is 7.69. The van der Waals surface area contributed by atoms with Gasteiger partial charge >= 0.3 is 5.97 Å². The molecule has 0 spiro atoms. The Balaban J connectivity index is 2.36. The van der Waals surface area contributed by atoms with Crippen molar-refractivity contribution in [1.82, 2.24) is 5.32 Å². The zero-order valence-corrected chi connectivity index (χ0v) is 18.2. The molecule has 0 aromatic rings. The average Bonchev–Trinajstić information content (AvgIpc) is 2.74. The van der Waals surface area contributed by atoms with E-state index in [-0.39, 0.29) is 6.61 Å². The van der Waals surface area contributed by atoms with Crippen molar-refractivity contribution < 1.29 is 58.8 Å². The Kier molecular flexibility index (Phi) is 10.2. The highest BCUT2D eigenvalue weighted by Gasteiger charge is 2.53. The van der Waals surface area contributed by atoms with Crippen molar-refractivity contribution in [2.75, 3.05) is 19.8 Å². The normalized spacial score (nSPS) is 40.0. The number of rotatable bonds is 9. The molecule has 0 aliphatic carbocycles. The molecule has 0 radical (unpaired) electrons. The fraction of sp³-hybridized carbons (Fsp3) is 0.895. The van der Waals surface area contributed by atoms with Crippen LogP contribution in [0.5, 0.6) is 0 Å². The smallest absolute Gasteiger partial charge is 0.303 e. The average molecular weight is 467 g/mol. The summed E-state index contributed by atoms with van der Waals surface area (Å²) in [6.45, 7) is 3.09. The first kappa shape index (κ1) is 26.8. The number of esters is 1. The van der Waals surface area contributed by atoms with Crippen LogP contribution < -0.4 is 5.32 Å². The zero-order chi connectivity index (χ0) is 24.0. The van der Waals surface area contributed by atoms with E-state index in [1.165, 1.54) is 6.92 Å². The SMILES string of the molecule is CCCO[C@H]1O[C@H](CO)[C@@H](O)[C@H](O[C@@H]2O[C@H](CO)[C@@H](O)[C@H](O)[C@H]2NC(C)=O)[C@H]1OC(C)=O. The minimum atomic E-state index is -1.58. The Morgan fingerprint density at radius 2 is 1.50 bits per heavy atom. The molecule has 0 unspecified atom stereocenters. The molecule has 2 aliphatic heterocycles. The highest BCUT2D eigenvalue weighted by molar-refractivity contribution is 5.73. The van der Waals surface area contributed by atoms with Gasteiger partial charge in [0.15, 0.2) is 18.7 Å². The lowest BCUT2D eigenvalue weighted by Crippen LogP contribution is -2.68. The molecule has 2 rings (SSSR count). The molecule has 2 saturated heterocycles. The first-order valence-electron chi connectivity index (χ1n) is 10.4. The van der Waals surface area contributed by atoms with Crippen molar-refractivity contribution in [2.45, 2.75) is 88.5 Å². The maximum Gasteiger partial charge on any atom is 0.303 e. The van der Waals surface area contributed by atoms with Gasteiger partial charge < -0.3 is 54.5 Å². The molecule has 2 fully saturated rings. The molecule has 10 atom stereocenters. The van der Waals surface area contributed by atoms with Gasteiger partial charge in [0.05, 0.1) is 13.2 Å². The summed E-state index contributed by atoms with van der Waals surface area (Å²) >= 11 is 0. The molecule has 2 heterocycles. The Bertz CT molecular complexity index is 621. The number of aliphatic hydroxyl groups excluding tert-OH is 5. The van der Waals surface area contributed by atoms with Crippen LogP contribution in [-0.4, -0.2) is 119 Å². The quantitative estimate of drug-likeness (QED) is 0.186. The van der Waals surface area contributed by atoms with E-state index in [1.807, 2.05) is 6.92 Å². The minimum Gasteiger partial charge on any atom is -0.454 e. The zero-order valence-electron chi connectivity index (χ0n) is 18.2. The van der Waals surface area contributed by atoms with Crippen LogP contribution in [0.15, 0.2) is 0 Å². The Morgan fingerprint density at radius 1 is 0.906 bits per heavy atom. The number of carbonyl (C=O) groups is 2. The first-order valence-corrected chi connectivity index (χ1v) is 10.4. The van der Waals surface area contributed by atoms with Crippen LogP contribution in [0.2, 0.25) is 0 Å². The van der Waals surface area contributed by atoms with Gasteiger partial charge in [0.1, 0.15) is 42.7 Å². The minimum absolute atomic E-state index is 0.218. The maximum atomic E-state index is 11.7. The molecule has 186 valence electrons. The third-order valence-corrected chi connectivity index (χ3v) is 5.13. The summed E-state index contributed by atoms with van der Waals surface area (Å²) in [5.41, 5.74) is 0. The summed E-state index contributed by atoms with van der Waals surface area (Å²) in [4.78, 5) is 23.4. The molecule has 0 aromatic carbocycles. The van der Waals surface area contributed by atoms with Crippen LogP contribution in [0.1, 0.15) is 27.2 Å². The van der Waals surface area contributed by atoms with Crippen molar-refractivity contribution in [1.29, 1.82) is 0 Å². The molecule has 1 amide bonds. The number of aliphatic hydroxyl groups is 5. The predicted molar refractivity (Wildman–Crippen MR) is 104 cm³/mol. The lowest BCUT2D eigenvalue weighted by atomic mass is 9.95. The predicted octanol–water partition coefficient (Wildman–Crippen LogP) is -3.25. The largest absolute Gasteiger partial charge is 0.454 e. The fourth-order valence-corrected chi connectivity index (χ4v) is 3.62. The van der Waals surface area contributed by atoms with E-state index < -0.39 is 86.4 Å². The topological polar surface area (TPSA) is 193 Å². The number of nitrogens with one attached hydrogen (secondary N) is 1. The molecule has 2 aliphatic rings. The number of ether oxygens (including phenoxy) is 5. The molecular weight excluding hydrogens is 434 g/mol. The highest BCUT2D eigenvalue weighted by atomic mass is 16.7. The van der Waals surface area contributed by atoms with E-state index in [4.69, 9.17) is 23.7 Å². The van der Waals surface area contributed by atoms with Crippen LogP contribution in [0.4, 0.5) is 0 Å². The van der Waals surface area contributed by atoms with Crippen LogP contribution in [0, 0.1) is 0 Å². The van der Waals surface area contributed by atoms with Gasteiger partial charge in [-0.15, -0.1) is 0 Å². The van der Waals surface area contributed by atoms with Gasteiger partial charge in [-0.05, 0) is 6.42 Å². The van der Waals surface area contributed by atoms with E-state index in [0.717, 1.165) is 6.92 Å². The van der Waals surface area contributed by atoms with Crippen molar-refractivity contribution in [3.8, 4) is 0 Å². The summed E-state index contributed by atoms with van der Waals surface area (Å²) in [5.74, 6) is -1.29. The molecular formula is C19H33NO12. The van der Waals surface area contributed by atoms with Gasteiger partial charge in [-0.1, -0.05) is 6.92 Å². The molecule has 13 nitrogen and oxygen atoms in total. The Hall–Kier alpha value is -1.42. The van der Waals surface area contributed by atoms with Crippen molar-refractivity contribution in [2.24, 2.45) is 0 Å². The Morgan fingerprint density at radius 3 is 2.03 bits per heavy atom. The van der Waals surface area contributed by atoms with E-state index in [2.05, 4.69) is 5.32 Å². The third kappa shape index (κ3) is 6.34. The van der Waals surface area contributed by atoms with Gasteiger partial charge in [-0.25, -0.2) is 0 Å². The molecule has 0 aromatic heterocycles. The summed E-state index contributed by atoms with van der Waals surface area (Å²) in [6.07, 6.45) is -11.8. The Labute approximate surface area is 185 Å². The van der Waals surface area contributed by atoms with E-state index in [9.17, 15) is 35.1 Å². The van der Waals surface area contributed by atoms with Crippen molar-refractivity contribution in [3.63, 3.8) is 0 Å². The number of hydrogen-bond acceptors (Lipinski definition) is 12. The van der Waals surface area contributed by atoms with Crippen LogP contribution in [0.3, 0.4) is 0 Å². The highest BCUT2D eigenvalue weighted by Crippen LogP contribution is 2.31. The number of amides is 1. The van der Waals surface area contributed by atoms with Crippen molar-refractivity contribution >= 4 is 11.9 Å². The summed E-state index contributed by atoms with van der Waals surface area (Å²) in [5, 5.41) is 52.9. The van der Waals surface area contributed by atoms with Gasteiger partial charge in [0.2, 0.25) is 5.91 Å². The molecule has 0 bridgehead atoms. The molecule has 32 heavy (non-hydrogen) atoms. The first-order chi connectivity index (χ1) is 15.1. The second-order valence-electron chi connectivity index (χ2n) is 7.69. The monoisotopic (exact) mass is 467 g/mol. The number of hydrogen-bond donors (Lipinski definition) is 6. The maximum absolute atomic E-state index is 11.7. The summed E-state index contributed by atoms with van der Waals surface area (Å²) < 4.78 is 27.8. The van der Waals surface area contributed by atoms with E-state index in [0.29, 0.717) is 6.42 Å². The molecule has 0 saturated carbocycles. The molecule has 6 N–H and O–H groups in total.